The van der Waals surface area contributed by atoms with Gasteiger partial charge in [0, 0.05) is 11.8 Å². The summed E-state index contributed by atoms with van der Waals surface area (Å²) in [6.07, 6.45) is 16.2. The van der Waals surface area contributed by atoms with Crippen molar-refractivity contribution in [2.75, 3.05) is 0 Å². The van der Waals surface area contributed by atoms with Crippen LogP contribution >= 0.6 is 0 Å². The van der Waals surface area contributed by atoms with Crippen LogP contribution in [0.25, 0.3) is 0 Å². The summed E-state index contributed by atoms with van der Waals surface area (Å²) in [5.41, 5.74) is 1.68. The summed E-state index contributed by atoms with van der Waals surface area (Å²) in [7, 11) is 0. The molecule has 8 atom stereocenters. The predicted octanol–water partition coefficient (Wildman–Crippen LogP) is 6.39. The molecule has 2 spiro atoms. The maximum Gasteiger partial charge on any atom is 0.142 e. The minimum Gasteiger partial charge on any atom is -0.299 e. The van der Waals surface area contributed by atoms with Gasteiger partial charge in [-0.1, -0.05) is 40.7 Å². The molecule has 0 aromatic carbocycles. The largest absolute Gasteiger partial charge is 0.299 e. The van der Waals surface area contributed by atoms with Crippen LogP contribution in [0, 0.1) is 50.7 Å². The van der Waals surface area contributed by atoms with Gasteiger partial charge >= 0.3 is 0 Å². The van der Waals surface area contributed by atoms with Crippen molar-refractivity contribution in [1.82, 2.24) is 0 Å². The average Bonchev–Trinajstić information content (AvgIpc) is 3.26. The molecule has 5 fully saturated rings. The highest BCUT2D eigenvalue weighted by molar-refractivity contribution is 5.86. The lowest BCUT2D eigenvalue weighted by atomic mass is 9.42. The minimum absolute atomic E-state index is 0.110. The van der Waals surface area contributed by atoms with Gasteiger partial charge in [-0.25, -0.2) is 0 Å². The molecule has 2 nitrogen and oxygen atoms in total. The maximum atomic E-state index is 12.8. The van der Waals surface area contributed by atoms with Crippen molar-refractivity contribution in [2.45, 2.75) is 92.4 Å². The van der Waals surface area contributed by atoms with Crippen LogP contribution in [0.4, 0.5) is 0 Å². The molecule has 0 heterocycles. The van der Waals surface area contributed by atoms with Crippen LogP contribution in [-0.2, 0) is 9.59 Å². The van der Waals surface area contributed by atoms with Crippen molar-refractivity contribution in [3.8, 4) is 0 Å². The van der Waals surface area contributed by atoms with E-state index in [4.69, 9.17) is 0 Å². The zero-order chi connectivity index (χ0) is 20.9. The number of rotatable bonds is 3. The summed E-state index contributed by atoms with van der Waals surface area (Å²) in [5.74, 6) is 3.15. The molecule has 5 aliphatic rings. The molecule has 0 amide bonds. The normalized spacial score (nSPS) is 53.6. The highest BCUT2D eigenvalue weighted by Crippen LogP contribution is 2.88. The second-order valence-corrected chi connectivity index (χ2v) is 12.7. The zero-order valence-corrected chi connectivity index (χ0v) is 19.2. The topological polar surface area (TPSA) is 34.1 Å². The van der Waals surface area contributed by atoms with E-state index in [1.807, 2.05) is 0 Å². The van der Waals surface area contributed by atoms with Gasteiger partial charge in [-0.3, -0.25) is 9.59 Å². The number of aldehydes is 1. The van der Waals surface area contributed by atoms with Gasteiger partial charge in [-0.05, 0) is 103 Å². The second-order valence-electron chi connectivity index (χ2n) is 12.7. The Labute approximate surface area is 177 Å². The quantitative estimate of drug-likeness (QED) is 0.409. The van der Waals surface area contributed by atoms with Gasteiger partial charge < -0.3 is 0 Å². The van der Waals surface area contributed by atoms with E-state index in [-0.39, 0.29) is 5.41 Å². The first-order chi connectivity index (χ1) is 13.6. The van der Waals surface area contributed by atoms with Crippen LogP contribution in [0.2, 0.25) is 0 Å². The molecule has 0 N–H and O–H groups in total. The third-order valence-corrected chi connectivity index (χ3v) is 12.0. The molecule has 2 heteroatoms. The number of Topliss-reactive ketones (excluding diaryl/α,β-unsaturated/α-hetero) is 1. The van der Waals surface area contributed by atoms with E-state index in [1.54, 1.807) is 6.08 Å². The molecule has 29 heavy (non-hydrogen) atoms. The molecule has 0 bridgehead atoms. The first-order valence-electron chi connectivity index (χ1n) is 12.2. The number of ketones is 1. The fourth-order valence-electron chi connectivity index (χ4n) is 10.4. The highest BCUT2D eigenvalue weighted by Gasteiger charge is 2.82. The zero-order valence-electron chi connectivity index (χ0n) is 19.2. The molecular formula is C27H40O2. The average molecular weight is 397 g/mol. The number of hydrogen-bond donors (Lipinski definition) is 0. The fourth-order valence-corrected chi connectivity index (χ4v) is 10.4. The van der Waals surface area contributed by atoms with Gasteiger partial charge in [0.1, 0.15) is 12.1 Å². The van der Waals surface area contributed by atoms with Crippen LogP contribution in [-0.4, -0.2) is 12.1 Å². The molecule has 0 aromatic heterocycles. The molecular weight excluding hydrogens is 356 g/mol. The van der Waals surface area contributed by atoms with Crippen molar-refractivity contribution in [3.05, 3.63) is 12.2 Å². The summed E-state index contributed by atoms with van der Waals surface area (Å²) in [4.78, 5) is 23.6. The van der Waals surface area contributed by atoms with Gasteiger partial charge in [0.05, 0.1) is 0 Å². The SMILES string of the molecule is CC(C=CC=O)C1CCC2(C)C3CCC4C(C)(C)C(=O)CCC45CC35CCC12C. The predicted molar refractivity (Wildman–Crippen MR) is 116 cm³/mol. The molecule has 8 unspecified atom stereocenters. The first-order valence-corrected chi connectivity index (χ1v) is 12.2. The Morgan fingerprint density at radius 2 is 1.59 bits per heavy atom. The standard InChI is InChI=1S/C27H40O2/c1-18(7-6-16-28)19-10-12-25(5)21-9-8-20-23(2,3)22(29)11-13-26(20)17-27(21,26)15-14-24(19,25)4/h6-7,16,18-21H,8-15,17H2,1-5H3. The van der Waals surface area contributed by atoms with Crippen molar-refractivity contribution < 1.29 is 9.59 Å². The summed E-state index contributed by atoms with van der Waals surface area (Å²) < 4.78 is 0. The van der Waals surface area contributed by atoms with Crippen LogP contribution < -0.4 is 0 Å². The van der Waals surface area contributed by atoms with Gasteiger partial charge in [0.25, 0.3) is 0 Å². The number of fused-ring (bicyclic) bond motifs is 2. The second kappa shape index (κ2) is 5.86. The van der Waals surface area contributed by atoms with Gasteiger partial charge in [-0.2, -0.15) is 0 Å². The molecule has 0 radical (unpaired) electrons. The number of allylic oxidation sites excluding steroid dienone is 2. The van der Waals surface area contributed by atoms with E-state index in [1.165, 1.54) is 51.4 Å². The Kier molecular flexibility index (Phi) is 4.04. The Morgan fingerprint density at radius 3 is 2.31 bits per heavy atom. The molecule has 5 saturated carbocycles. The number of hydrogen-bond acceptors (Lipinski definition) is 2. The minimum atomic E-state index is -0.110. The summed E-state index contributed by atoms with van der Waals surface area (Å²) in [6, 6.07) is 0. The lowest BCUT2D eigenvalue weighted by molar-refractivity contribution is -0.156. The monoisotopic (exact) mass is 396 g/mol. The number of carbonyl (C=O) groups excluding carboxylic acids is 2. The van der Waals surface area contributed by atoms with Crippen molar-refractivity contribution in [2.24, 2.45) is 50.7 Å². The summed E-state index contributed by atoms with van der Waals surface area (Å²) >= 11 is 0. The summed E-state index contributed by atoms with van der Waals surface area (Å²) in [6.45, 7) is 12.1. The third-order valence-electron chi connectivity index (χ3n) is 12.0. The lowest BCUT2D eigenvalue weighted by Gasteiger charge is -2.62. The summed E-state index contributed by atoms with van der Waals surface area (Å²) in [5, 5.41) is 0. The Morgan fingerprint density at radius 1 is 0.897 bits per heavy atom. The lowest BCUT2D eigenvalue weighted by Crippen LogP contribution is -2.57. The van der Waals surface area contributed by atoms with Crippen LogP contribution in [0.15, 0.2) is 12.2 Å². The molecule has 0 aromatic rings. The Balaban J connectivity index is 1.49. The van der Waals surface area contributed by atoms with Crippen LogP contribution in [0.1, 0.15) is 92.4 Å². The third kappa shape index (κ3) is 2.15. The molecule has 0 aliphatic heterocycles. The van der Waals surface area contributed by atoms with Crippen molar-refractivity contribution in [1.29, 1.82) is 0 Å². The maximum absolute atomic E-state index is 12.8. The van der Waals surface area contributed by atoms with Gasteiger partial charge in [0.15, 0.2) is 0 Å². The van der Waals surface area contributed by atoms with Gasteiger partial charge in [0.2, 0.25) is 0 Å². The Bertz CT molecular complexity index is 779. The van der Waals surface area contributed by atoms with Gasteiger partial charge in [-0.15, -0.1) is 0 Å². The smallest absolute Gasteiger partial charge is 0.142 e. The van der Waals surface area contributed by atoms with Crippen LogP contribution in [0.3, 0.4) is 0 Å². The van der Waals surface area contributed by atoms with E-state index in [2.05, 4.69) is 40.7 Å². The first kappa shape index (κ1) is 20.0. The van der Waals surface area contributed by atoms with E-state index in [0.29, 0.717) is 45.2 Å². The van der Waals surface area contributed by atoms with E-state index in [9.17, 15) is 9.59 Å². The Hall–Kier alpha value is -0.920. The molecule has 160 valence electrons. The molecule has 0 saturated heterocycles. The highest BCUT2D eigenvalue weighted by atomic mass is 16.1. The van der Waals surface area contributed by atoms with Crippen LogP contribution in [0.5, 0.6) is 0 Å². The molecule has 5 aliphatic carbocycles. The van der Waals surface area contributed by atoms with Crippen molar-refractivity contribution in [3.63, 3.8) is 0 Å². The van der Waals surface area contributed by atoms with Crippen molar-refractivity contribution >= 4 is 12.1 Å². The fraction of sp³-hybridized carbons (Fsp3) is 0.852. The number of carbonyl (C=O) groups is 2. The van der Waals surface area contributed by atoms with E-state index < -0.39 is 0 Å². The molecule has 5 rings (SSSR count). The van der Waals surface area contributed by atoms with E-state index >= 15 is 0 Å². The van der Waals surface area contributed by atoms with E-state index in [0.717, 1.165) is 18.6 Å².